The van der Waals surface area contributed by atoms with E-state index in [2.05, 4.69) is 41.9 Å². The molecular formula is C24H25N3O2. The summed E-state index contributed by atoms with van der Waals surface area (Å²) in [6.07, 6.45) is 0. The Bertz CT molecular complexity index is 1140. The van der Waals surface area contributed by atoms with Gasteiger partial charge in [-0.05, 0) is 57.5 Å². The van der Waals surface area contributed by atoms with Crippen LogP contribution in [0, 0.1) is 20.8 Å². The minimum Gasteiger partial charge on any atom is -0.370 e. The second-order valence-electron chi connectivity index (χ2n) is 7.65. The fourth-order valence-corrected chi connectivity index (χ4v) is 4.06. The molecule has 0 saturated carbocycles. The molecule has 0 radical (unpaired) electrons. The van der Waals surface area contributed by atoms with Gasteiger partial charge in [0.15, 0.2) is 0 Å². The summed E-state index contributed by atoms with van der Waals surface area (Å²) in [5.41, 5.74) is 5.65. The van der Waals surface area contributed by atoms with Crippen LogP contribution in [0.5, 0.6) is 0 Å². The van der Waals surface area contributed by atoms with Crippen LogP contribution in [0.3, 0.4) is 0 Å². The quantitative estimate of drug-likeness (QED) is 0.613. The van der Waals surface area contributed by atoms with Gasteiger partial charge in [-0.1, -0.05) is 23.8 Å². The number of carbonyl (C=O) groups excluding carboxylic acids is 2. The molecule has 29 heavy (non-hydrogen) atoms. The van der Waals surface area contributed by atoms with Crippen LogP contribution in [0.4, 0.5) is 5.69 Å². The normalized spacial score (nSPS) is 13.3. The molecule has 0 bridgehead atoms. The topological polar surface area (TPSA) is 53.5 Å². The highest BCUT2D eigenvalue weighted by Gasteiger charge is 2.39. The first kappa shape index (κ1) is 19.1. The lowest BCUT2D eigenvalue weighted by molar-refractivity contribution is 0.0658. The number of benzene rings is 2. The van der Waals surface area contributed by atoms with Gasteiger partial charge in [0.2, 0.25) is 0 Å². The third kappa shape index (κ3) is 3.27. The number of aryl methyl sites for hydroxylation is 3. The molecule has 1 aliphatic heterocycles. The predicted molar refractivity (Wildman–Crippen MR) is 116 cm³/mol. The number of hydrogen-bond donors (Lipinski definition) is 0. The Labute approximate surface area is 171 Å². The van der Waals surface area contributed by atoms with Gasteiger partial charge < -0.3 is 4.90 Å². The van der Waals surface area contributed by atoms with Gasteiger partial charge in [-0.25, -0.2) is 0 Å². The molecule has 3 aromatic rings. The van der Waals surface area contributed by atoms with Crippen molar-refractivity contribution < 1.29 is 9.59 Å². The van der Waals surface area contributed by atoms with Gasteiger partial charge in [0.05, 0.1) is 22.3 Å². The molecule has 5 nitrogen and oxygen atoms in total. The first-order valence-corrected chi connectivity index (χ1v) is 9.99. The van der Waals surface area contributed by atoms with Crippen LogP contribution >= 0.6 is 0 Å². The van der Waals surface area contributed by atoms with E-state index in [1.54, 1.807) is 6.92 Å². The SMILES string of the molecule is CCN(CCN1C(=O)c2c(C)nc3ccc(C)cc3c2C1=O)c1cccc(C)c1. The number of nitrogens with zero attached hydrogens (tertiary/aromatic N) is 3. The first-order chi connectivity index (χ1) is 13.9. The Kier molecular flexibility index (Phi) is 4.82. The number of fused-ring (bicyclic) bond motifs is 3. The molecule has 1 aliphatic rings. The van der Waals surface area contributed by atoms with E-state index in [9.17, 15) is 9.59 Å². The Balaban J connectivity index is 1.65. The Morgan fingerprint density at radius 1 is 0.931 bits per heavy atom. The van der Waals surface area contributed by atoms with E-state index < -0.39 is 0 Å². The average molecular weight is 387 g/mol. The molecular weight excluding hydrogens is 362 g/mol. The molecule has 0 N–H and O–H groups in total. The third-order valence-corrected chi connectivity index (χ3v) is 5.58. The molecule has 0 aliphatic carbocycles. The maximum absolute atomic E-state index is 13.2. The van der Waals surface area contributed by atoms with Gasteiger partial charge in [-0.15, -0.1) is 0 Å². The van der Waals surface area contributed by atoms with E-state index in [4.69, 9.17) is 0 Å². The fourth-order valence-electron chi connectivity index (χ4n) is 4.06. The first-order valence-electron chi connectivity index (χ1n) is 9.99. The van der Waals surface area contributed by atoms with Gasteiger partial charge in [0, 0.05) is 30.7 Å². The van der Waals surface area contributed by atoms with Gasteiger partial charge in [0.1, 0.15) is 0 Å². The summed E-state index contributed by atoms with van der Waals surface area (Å²) in [4.78, 5) is 34.5. The minimum atomic E-state index is -0.237. The van der Waals surface area contributed by atoms with Crippen LogP contribution < -0.4 is 4.90 Å². The van der Waals surface area contributed by atoms with E-state index in [1.165, 1.54) is 10.5 Å². The van der Waals surface area contributed by atoms with E-state index in [0.717, 1.165) is 28.7 Å². The predicted octanol–water partition coefficient (Wildman–Crippen LogP) is 4.28. The molecule has 4 rings (SSSR count). The smallest absolute Gasteiger partial charge is 0.263 e. The van der Waals surface area contributed by atoms with Gasteiger partial charge in [0.25, 0.3) is 11.8 Å². The zero-order valence-electron chi connectivity index (χ0n) is 17.3. The molecule has 1 aromatic heterocycles. The number of hydrogen-bond acceptors (Lipinski definition) is 4. The number of imide groups is 1. The Hall–Kier alpha value is -3.21. The molecule has 2 heterocycles. The Morgan fingerprint density at radius 3 is 2.38 bits per heavy atom. The van der Waals surface area contributed by atoms with Crippen molar-refractivity contribution in [3.8, 4) is 0 Å². The number of carbonyl (C=O) groups is 2. The fraction of sp³-hybridized carbons (Fsp3) is 0.292. The standard InChI is InChI=1S/C24H25N3O2/c1-5-26(18-8-6-7-15(2)13-18)11-12-27-23(28)21-17(4)25-20-10-9-16(3)14-19(20)22(21)24(27)29/h6-10,13-14H,5,11-12H2,1-4H3. The van der Waals surface area contributed by atoms with Crippen LogP contribution in [-0.2, 0) is 0 Å². The minimum absolute atomic E-state index is 0.216. The molecule has 0 fully saturated rings. The second-order valence-corrected chi connectivity index (χ2v) is 7.65. The summed E-state index contributed by atoms with van der Waals surface area (Å²) in [5, 5.41) is 0.762. The second kappa shape index (κ2) is 7.32. The van der Waals surface area contributed by atoms with Crippen molar-refractivity contribution in [2.75, 3.05) is 24.5 Å². The van der Waals surface area contributed by atoms with Crippen molar-refractivity contribution >= 4 is 28.4 Å². The highest BCUT2D eigenvalue weighted by molar-refractivity contribution is 6.26. The van der Waals surface area contributed by atoms with E-state index >= 15 is 0 Å². The molecule has 0 unspecified atom stereocenters. The number of anilines is 1. The van der Waals surface area contributed by atoms with Crippen molar-refractivity contribution in [3.05, 3.63) is 70.4 Å². The van der Waals surface area contributed by atoms with Crippen LogP contribution in [0.1, 0.15) is 44.5 Å². The highest BCUT2D eigenvalue weighted by Crippen LogP contribution is 2.32. The number of likely N-dealkylation sites (N-methyl/N-ethyl adjacent to an activating group) is 1. The van der Waals surface area contributed by atoms with Crippen molar-refractivity contribution in [1.29, 1.82) is 0 Å². The highest BCUT2D eigenvalue weighted by atomic mass is 16.2. The van der Waals surface area contributed by atoms with E-state index in [-0.39, 0.29) is 11.8 Å². The monoisotopic (exact) mass is 387 g/mol. The average Bonchev–Trinajstić information content (AvgIpc) is 2.95. The lowest BCUT2D eigenvalue weighted by Crippen LogP contribution is -2.38. The summed E-state index contributed by atoms with van der Waals surface area (Å²) in [6.45, 7) is 9.66. The maximum Gasteiger partial charge on any atom is 0.263 e. The van der Waals surface area contributed by atoms with Crippen LogP contribution in [0.15, 0.2) is 42.5 Å². The van der Waals surface area contributed by atoms with Crippen LogP contribution in [0.25, 0.3) is 10.9 Å². The summed E-state index contributed by atoms with van der Waals surface area (Å²) in [6, 6.07) is 14.1. The zero-order valence-corrected chi connectivity index (χ0v) is 17.3. The summed E-state index contributed by atoms with van der Waals surface area (Å²) in [5.74, 6) is -0.454. The van der Waals surface area contributed by atoms with E-state index in [1.807, 2.05) is 31.2 Å². The molecule has 148 valence electrons. The summed E-state index contributed by atoms with van der Waals surface area (Å²) >= 11 is 0. The molecule has 5 heteroatoms. The lowest BCUT2D eigenvalue weighted by atomic mass is 10.0. The third-order valence-electron chi connectivity index (χ3n) is 5.58. The van der Waals surface area contributed by atoms with Crippen molar-refractivity contribution in [2.24, 2.45) is 0 Å². The van der Waals surface area contributed by atoms with Crippen molar-refractivity contribution in [3.63, 3.8) is 0 Å². The molecule has 0 saturated heterocycles. The van der Waals surface area contributed by atoms with Gasteiger partial charge in [-0.3, -0.25) is 19.5 Å². The number of aromatic nitrogens is 1. The maximum atomic E-state index is 13.2. The lowest BCUT2D eigenvalue weighted by Gasteiger charge is -2.25. The summed E-state index contributed by atoms with van der Waals surface area (Å²) < 4.78 is 0. The van der Waals surface area contributed by atoms with E-state index in [0.29, 0.717) is 29.9 Å². The van der Waals surface area contributed by atoms with Gasteiger partial charge >= 0.3 is 0 Å². The van der Waals surface area contributed by atoms with Crippen LogP contribution in [0.2, 0.25) is 0 Å². The number of amides is 2. The molecule has 2 aromatic carbocycles. The zero-order chi connectivity index (χ0) is 20.7. The number of rotatable bonds is 5. The Morgan fingerprint density at radius 2 is 1.66 bits per heavy atom. The van der Waals surface area contributed by atoms with Gasteiger partial charge in [-0.2, -0.15) is 0 Å². The van der Waals surface area contributed by atoms with Crippen molar-refractivity contribution in [1.82, 2.24) is 9.88 Å². The largest absolute Gasteiger partial charge is 0.370 e. The molecule has 0 atom stereocenters. The summed E-state index contributed by atoms with van der Waals surface area (Å²) in [7, 11) is 0. The molecule has 2 amide bonds. The van der Waals surface area contributed by atoms with Crippen molar-refractivity contribution in [2.45, 2.75) is 27.7 Å². The molecule has 0 spiro atoms. The van der Waals surface area contributed by atoms with Crippen LogP contribution in [-0.4, -0.2) is 41.3 Å². The number of pyridine rings is 1.